The summed E-state index contributed by atoms with van der Waals surface area (Å²) in [7, 11) is 0. The van der Waals surface area contributed by atoms with E-state index in [2.05, 4.69) is 5.32 Å². The van der Waals surface area contributed by atoms with E-state index in [1.807, 2.05) is 0 Å². The average Bonchev–Trinajstić information content (AvgIpc) is 3.02. The van der Waals surface area contributed by atoms with Crippen LogP contribution in [0.15, 0.2) is 42.5 Å². The first-order valence-electron chi connectivity index (χ1n) is 10.6. The first kappa shape index (κ1) is 20.3. The molecule has 0 radical (unpaired) electrons. The van der Waals surface area contributed by atoms with Gasteiger partial charge in [-0.3, -0.25) is 9.59 Å². The molecule has 9 nitrogen and oxygen atoms in total. The van der Waals surface area contributed by atoms with Crippen molar-refractivity contribution in [1.82, 2.24) is 9.80 Å². The number of likely N-dealkylation sites (tertiary alicyclic amines) is 1. The summed E-state index contributed by atoms with van der Waals surface area (Å²) in [4.78, 5) is 39.2. The van der Waals surface area contributed by atoms with E-state index in [1.165, 1.54) is 9.80 Å². The number of anilines is 1. The highest BCUT2D eigenvalue weighted by molar-refractivity contribution is 6.00. The highest BCUT2D eigenvalue weighted by Crippen LogP contribution is 2.45. The molecule has 3 aliphatic heterocycles. The Hall–Kier alpha value is -3.59. The van der Waals surface area contributed by atoms with Gasteiger partial charge in [-0.2, -0.15) is 0 Å². The van der Waals surface area contributed by atoms with Crippen LogP contribution in [-0.4, -0.2) is 64.2 Å². The molecular weight excluding hydrogens is 414 g/mol. The minimum Gasteiger partial charge on any atom is -0.482 e. The predicted molar refractivity (Wildman–Crippen MR) is 113 cm³/mol. The number of piperidine rings is 1. The van der Waals surface area contributed by atoms with Gasteiger partial charge in [0.05, 0.1) is 5.69 Å². The molecule has 2 aromatic rings. The average molecular weight is 437 g/mol. The molecule has 1 fully saturated rings. The molecule has 3 aliphatic rings. The zero-order valence-electron chi connectivity index (χ0n) is 17.3. The van der Waals surface area contributed by atoms with Crippen molar-refractivity contribution < 1.29 is 29.3 Å². The highest BCUT2D eigenvalue weighted by atomic mass is 16.5. The molecule has 1 saturated heterocycles. The third-order valence-corrected chi connectivity index (χ3v) is 6.51. The standard InChI is InChI=1S/C23H23N3O6/c27-20-13-32-19-6-5-15(11-18(19)24-20)23(31)17-4-2-1-3-16(17)21(28)26(23)12-14-7-9-25(10-8-14)22(29)30/h1-6,11,14,31H,7-10,12-13H2,(H,24,27)(H,29,30). The van der Waals surface area contributed by atoms with Crippen LogP contribution in [0.3, 0.4) is 0 Å². The van der Waals surface area contributed by atoms with Crippen LogP contribution in [0.2, 0.25) is 0 Å². The fourth-order valence-electron chi connectivity index (χ4n) is 4.80. The third-order valence-electron chi connectivity index (χ3n) is 6.51. The number of ether oxygens (including phenoxy) is 1. The Labute approximate surface area is 184 Å². The Morgan fingerprint density at radius 3 is 2.66 bits per heavy atom. The highest BCUT2D eigenvalue weighted by Gasteiger charge is 2.50. The van der Waals surface area contributed by atoms with Gasteiger partial charge in [0.1, 0.15) is 5.75 Å². The molecule has 0 aromatic heterocycles. The number of fused-ring (bicyclic) bond motifs is 2. The van der Waals surface area contributed by atoms with E-state index in [1.54, 1.807) is 42.5 Å². The molecule has 9 heteroatoms. The third kappa shape index (κ3) is 3.16. The van der Waals surface area contributed by atoms with Gasteiger partial charge < -0.3 is 30.1 Å². The fourth-order valence-corrected chi connectivity index (χ4v) is 4.80. The van der Waals surface area contributed by atoms with Crippen LogP contribution in [0.4, 0.5) is 10.5 Å². The van der Waals surface area contributed by atoms with Gasteiger partial charge in [-0.1, -0.05) is 24.3 Å². The zero-order valence-corrected chi connectivity index (χ0v) is 17.3. The summed E-state index contributed by atoms with van der Waals surface area (Å²) in [6.45, 7) is 1.02. The quantitative estimate of drug-likeness (QED) is 0.676. The lowest BCUT2D eigenvalue weighted by Gasteiger charge is -2.39. The fraction of sp³-hybridized carbons (Fsp3) is 0.348. The number of aliphatic hydroxyl groups is 1. The Morgan fingerprint density at radius 1 is 1.16 bits per heavy atom. The number of carboxylic acid groups (broad SMARTS) is 1. The van der Waals surface area contributed by atoms with Gasteiger partial charge in [-0.15, -0.1) is 0 Å². The van der Waals surface area contributed by atoms with Gasteiger partial charge in [-0.05, 0) is 37.0 Å². The Morgan fingerprint density at radius 2 is 1.91 bits per heavy atom. The van der Waals surface area contributed by atoms with Crippen molar-refractivity contribution in [2.45, 2.75) is 18.6 Å². The van der Waals surface area contributed by atoms with Crippen molar-refractivity contribution in [3.05, 3.63) is 59.2 Å². The number of nitrogens with zero attached hydrogens (tertiary/aromatic N) is 2. The van der Waals surface area contributed by atoms with E-state index in [9.17, 15) is 24.6 Å². The lowest BCUT2D eigenvalue weighted by Crippen LogP contribution is -2.49. The summed E-state index contributed by atoms with van der Waals surface area (Å²) in [5, 5.41) is 24.0. The zero-order chi connectivity index (χ0) is 22.5. The summed E-state index contributed by atoms with van der Waals surface area (Å²) >= 11 is 0. The minimum atomic E-state index is -1.71. The van der Waals surface area contributed by atoms with E-state index in [4.69, 9.17) is 4.74 Å². The number of amides is 3. The van der Waals surface area contributed by atoms with Crippen LogP contribution in [0.5, 0.6) is 5.75 Å². The second kappa shape index (κ2) is 7.52. The molecule has 5 rings (SSSR count). The molecule has 3 N–H and O–H groups in total. The number of hydrogen-bond acceptors (Lipinski definition) is 5. The van der Waals surface area contributed by atoms with Gasteiger partial charge >= 0.3 is 6.09 Å². The summed E-state index contributed by atoms with van der Waals surface area (Å²) in [5.41, 5.74) is 0.0865. The summed E-state index contributed by atoms with van der Waals surface area (Å²) in [5.74, 6) is -0.00782. The topological polar surface area (TPSA) is 119 Å². The molecule has 1 atom stereocenters. The van der Waals surface area contributed by atoms with E-state index in [0.29, 0.717) is 54.1 Å². The van der Waals surface area contributed by atoms with Crippen LogP contribution >= 0.6 is 0 Å². The van der Waals surface area contributed by atoms with E-state index >= 15 is 0 Å². The molecule has 2 aromatic carbocycles. The molecular formula is C23H23N3O6. The Kier molecular flexibility index (Phi) is 4.78. The van der Waals surface area contributed by atoms with Crippen molar-refractivity contribution in [2.24, 2.45) is 5.92 Å². The monoisotopic (exact) mass is 437 g/mol. The van der Waals surface area contributed by atoms with Crippen LogP contribution < -0.4 is 10.1 Å². The van der Waals surface area contributed by atoms with E-state index in [0.717, 1.165) is 0 Å². The lowest BCUT2D eigenvalue weighted by atomic mass is 9.91. The number of rotatable bonds is 3. The van der Waals surface area contributed by atoms with Crippen molar-refractivity contribution in [1.29, 1.82) is 0 Å². The first-order chi connectivity index (χ1) is 15.4. The summed E-state index contributed by atoms with van der Waals surface area (Å²) < 4.78 is 5.43. The second-order valence-electron chi connectivity index (χ2n) is 8.39. The molecule has 0 bridgehead atoms. The van der Waals surface area contributed by atoms with Crippen LogP contribution in [0.25, 0.3) is 0 Å². The summed E-state index contributed by atoms with van der Waals surface area (Å²) in [6.07, 6.45) is 0.274. The maximum absolute atomic E-state index is 13.3. The second-order valence-corrected chi connectivity index (χ2v) is 8.39. The van der Waals surface area contributed by atoms with Gasteiger partial charge in [0.15, 0.2) is 12.3 Å². The molecule has 3 amide bonds. The first-order valence-corrected chi connectivity index (χ1v) is 10.6. The van der Waals surface area contributed by atoms with Crippen LogP contribution in [0, 0.1) is 5.92 Å². The normalized spacial score (nSPS) is 22.8. The van der Waals surface area contributed by atoms with Crippen molar-refractivity contribution in [3.63, 3.8) is 0 Å². The molecule has 0 aliphatic carbocycles. The van der Waals surface area contributed by atoms with Gasteiger partial charge in [0.2, 0.25) is 0 Å². The van der Waals surface area contributed by atoms with Gasteiger partial charge in [0, 0.05) is 36.3 Å². The minimum absolute atomic E-state index is 0.0519. The van der Waals surface area contributed by atoms with Crippen molar-refractivity contribution in [2.75, 3.05) is 31.6 Å². The Balaban J connectivity index is 1.51. The molecule has 3 heterocycles. The number of hydrogen-bond donors (Lipinski definition) is 3. The smallest absolute Gasteiger partial charge is 0.407 e. The lowest BCUT2D eigenvalue weighted by molar-refractivity contribution is -0.118. The Bertz CT molecular complexity index is 1110. The van der Waals surface area contributed by atoms with E-state index < -0.39 is 11.8 Å². The van der Waals surface area contributed by atoms with Gasteiger partial charge in [0.25, 0.3) is 11.8 Å². The number of benzene rings is 2. The number of carbonyl (C=O) groups excluding carboxylic acids is 2. The number of nitrogens with one attached hydrogen (secondary N) is 1. The molecule has 32 heavy (non-hydrogen) atoms. The van der Waals surface area contributed by atoms with Crippen molar-refractivity contribution in [3.8, 4) is 5.75 Å². The van der Waals surface area contributed by atoms with Crippen LogP contribution in [0.1, 0.15) is 34.3 Å². The largest absolute Gasteiger partial charge is 0.482 e. The molecule has 0 spiro atoms. The van der Waals surface area contributed by atoms with Gasteiger partial charge in [-0.25, -0.2) is 4.79 Å². The molecule has 166 valence electrons. The maximum Gasteiger partial charge on any atom is 0.407 e. The number of carbonyl (C=O) groups is 3. The summed E-state index contributed by atoms with van der Waals surface area (Å²) in [6, 6.07) is 12.0. The van der Waals surface area contributed by atoms with Crippen LogP contribution in [-0.2, 0) is 10.5 Å². The van der Waals surface area contributed by atoms with Crippen molar-refractivity contribution >= 4 is 23.6 Å². The van der Waals surface area contributed by atoms with E-state index in [-0.39, 0.29) is 30.9 Å². The maximum atomic E-state index is 13.3. The SMILES string of the molecule is O=C1COc2ccc(C3(O)c4ccccc4C(=O)N3CC3CCN(C(=O)O)CC3)cc2N1. The predicted octanol–water partition coefficient (Wildman–Crippen LogP) is 2.06. The molecule has 0 saturated carbocycles. The molecule has 1 unspecified atom stereocenters.